The first-order valence-electron chi connectivity index (χ1n) is 5.23. The van der Waals surface area contributed by atoms with Crippen LogP contribution in [0.2, 0.25) is 10.0 Å². The number of hydrogen-bond donors (Lipinski definition) is 2. The van der Waals surface area contributed by atoms with Crippen molar-refractivity contribution >= 4 is 61.6 Å². The van der Waals surface area contributed by atoms with Crippen LogP contribution in [0, 0.1) is 0 Å². The van der Waals surface area contributed by atoms with Crippen LogP contribution in [0.5, 0.6) is 0 Å². The van der Waals surface area contributed by atoms with Gasteiger partial charge in [0.15, 0.2) is 0 Å². The van der Waals surface area contributed by atoms with E-state index in [4.69, 9.17) is 23.2 Å². The van der Waals surface area contributed by atoms with E-state index >= 15 is 0 Å². The van der Waals surface area contributed by atoms with Gasteiger partial charge in [-0.2, -0.15) is 0 Å². The molecule has 4 nitrogen and oxygen atoms in total. The Morgan fingerprint density at radius 1 is 1.21 bits per heavy atom. The molecule has 0 aliphatic heterocycles. The topological polar surface area (TPSA) is 58.2 Å². The molecule has 0 heterocycles. The SMILES string of the molecule is CCNCCNS(=O)(=O)c1cc(Br)c(Cl)cc1Cl.Cl. The van der Waals surface area contributed by atoms with Gasteiger partial charge in [-0.3, -0.25) is 0 Å². The maximum absolute atomic E-state index is 12.0. The molecule has 2 N–H and O–H groups in total. The Morgan fingerprint density at radius 3 is 2.42 bits per heavy atom. The molecule has 0 aliphatic rings. The highest BCUT2D eigenvalue weighted by Crippen LogP contribution is 2.31. The van der Waals surface area contributed by atoms with Gasteiger partial charge in [0, 0.05) is 17.6 Å². The molecule has 0 spiro atoms. The average molecular weight is 413 g/mol. The number of sulfonamides is 1. The molecular weight excluding hydrogens is 398 g/mol. The van der Waals surface area contributed by atoms with E-state index in [1.54, 1.807) is 0 Å². The fourth-order valence-electron chi connectivity index (χ4n) is 1.24. The molecule has 110 valence electrons. The second kappa shape index (κ2) is 8.67. The smallest absolute Gasteiger partial charge is 0.242 e. The first kappa shape index (κ1) is 19.4. The largest absolute Gasteiger partial charge is 0.316 e. The van der Waals surface area contributed by atoms with E-state index in [1.165, 1.54) is 12.1 Å². The second-order valence-electron chi connectivity index (χ2n) is 3.45. The van der Waals surface area contributed by atoms with Crippen molar-refractivity contribution in [2.75, 3.05) is 19.6 Å². The first-order chi connectivity index (χ1) is 8.38. The molecule has 1 aromatic rings. The van der Waals surface area contributed by atoms with E-state index in [0.29, 0.717) is 22.6 Å². The van der Waals surface area contributed by atoms with Crippen LogP contribution in [0.25, 0.3) is 0 Å². The summed E-state index contributed by atoms with van der Waals surface area (Å²) in [6.07, 6.45) is 0. The van der Waals surface area contributed by atoms with Crippen molar-refractivity contribution in [3.05, 3.63) is 26.7 Å². The fourth-order valence-corrected chi connectivity index (χ4v) is 3.54. The molecule has 0 bridgehead atoms. The normalized spacial score (nSPS) is 11.2. The lowest BCUT2D eigenvalue weighted by Crippen LogP contribution is -2.31. The predicted molar refractivity (Wildman–Crippen MR) is 85.1 cm³/mol. The molecule has 0 unspecified atom stereocenters. The Labute approximate surface area is 137 Å². The van der Waals surface area contributed by atoms with Crippen molar-refractivity contribution in [2.45, 2.75) is 11.8 Å². The number of nitrogens with one attached hydrogen (secondary N) is 2. The number of rotatable bonds is 6. The summed E-state index contributed by atoms with van der Waals surface area (Å²) < 4.78 is 26.9. The van der Waals surface area contributed by atoms with Gasteiger partial charge in [0.1, 0.15) is 4.90 Å². The van der Waals surface area contributed by atoms with E-state index < -0.39 is 10.0 Å². The summed E-state index contributed by atoms with van der Waals surface area (Å²) in [5, 5.41) is 3.48. The zero-order valence-corrected chi connectivity index (χ0v) is 14.8. The van der Waals surface area contributed by atoms with Gasteiger partial charge in [0.05, 0.1) is 10.0 Å². The van der Waals surface area contributed by atoms with Crippen molar-refractivity contribution < 1.29 is 8.42 Å². The number of hydrogen-bond acceptors (Lipinski definition) is 3. The molecule has 0 fully saturated rings. The van der Waals surface area contributed by atoms with E-state index in [9.17, 15) is 8.42 Å². The fraction of sp³-hybridized carbons (Fsp3) is 0.400. The summed E-state index contributed by atoms with van der Waals surface area (Å²) in [5.74, 6) is 0. The minimum Gasteiger partial charge on any atom is -0.316 e. The lowest BCUT2D eigenvalue weighted by atomic mass is 10.4. The van der Waals surface area contributed by atoms with Gasteiger partial charge in [-0.05, 0) is 34.6 Å². The zero-order chi connectivity index (χ0) is 13.8. The van der Waals surface area contributed by atoms with Crippen LogP contribution in [-0.4, -0.2) is 28.1 Å². The van der Waals surface area contributed by atoms with Crippen LogP contribution in [0.15, 0.2) is 21.5 Å². The summed E-state index contributed by atoms with van der Waals surface area (Å²) >= 11 is 14.9. The quantitative estimate of drug-likeness (QED) is 0.558. The van der Waals surface area contributed by atoms with E-state index in [0.717, 1.165) is 6.54 Å². The minimum absolute atomic E-state index is 0. The van der Waals surface area contributed by atoms with Gasteiger partial charge in [-0.15, -0.1) is 12.4 Å². The van der Waals surface area contributed by atoms with E-state index in [1.807, 2.05) is 6.92 Å². The van der Waals surface area contributed by atoms with Crippen molar-refractivity contribution in [2.24, 2.45) is 0 Å². The molecule has 1 rings (SSSR count). The van der Waals surface area contributed by atoms with Crippen LogP contribution in [0.4, 0.5) is 0 Å². The molecule has 0 saturated heterocycles. The first-order valence-corrected chi connectivity index (χ1v) is 8.26. The highest BCUT2D eigenvalue weighted by atomic mass is 79.9. The highest BCUT2D eigenvalue weighted by molar-refractivity contribution is 9.10. The summed E-state index contributed by atoms with van der Waals surface area (Å²) in [6, 6.07) is 2.78. The molecule has 0 amide bonds. The van der Waals surface area contributed by atoms with Gasteiger partial charge in [0.25, 0.3) is 0 Å². The molecule has 0 saturated carbocycles. The molecule has 0 aliphatic carbocycles. The maximum atomic E-state index is 12.0. The molecule has 0 radical (unpaired) electrons. The summed E-state index contributed by atoms with van der Waals surface area (Å²) in [5.41, 5.74) is 0. The summed E-state index contributed by atoms with van der Waals surface area (Å²) in [6.45, 7) is 3.59. The standard InChI is InChI=1S/C10H13BrCl2N2O2S.ClH/c1-2-14-3-4-15-18(16,17)10-5-7(11)8(12)6-9(10)13;/h5-6,14-15H,2-4H2,1H3;1H. The van der Waals surface area contributed by atoms with Crippen molar-refractivity contribution in [3.8, 4) is 0 Å². The average Bonchev–Trinajstić information content (AvgIpc) is 2.29. The Hall–Kier alpha value is 0.440. The van der Waals surface area contributed by atoms with Crippen molar-refractivity contribution in [1.29, 1.82) is 0 Å². The molecule has 9 heteroatoms. The Morgan fingerprint density at radius 2 is 1.84 bits per heavy atom. The Balaban J connectivity index is 0.00000324. The molecular formula is C10H14BrCl3N2O2S. The third kappa shape index (κ3) is 5.75. The van der Waals surface area contributed by atoms with Crippen molar-refractivity contribution in [3.63, 3.8) is 0 Å². The Kier molecular flexibility index (Phi) is 8.87. The summed E-state index contributed by atoms with van der Waals surface area (Å²) in [7, 11) is -3.62. The molecule has 0 aromatic heterocycles. The molecule has 1 aromatic carbocycles. The van der Waals surface area contributed by atoms with Gasteiger partial charge in [-0.1, -0.05) is 30.1 Å². The van der Waals surface area contributed by atoms with Gasteiger partial charge >= 0.3 is 0 Å². The number of halogens is 4. The highest BCUT2D eigenvalue weighted by Gasteiger charge is 2.19. The van der Waals surface area contributed by atoms with Gasteiger partial charge in [0.2, 0.25) is 10.0 Å². The van der Waals surface area contributed by atoms with Crippen LogP contribution >= 0.6 is 51.5 Å². The molecule has 19 heavy (non-hydrogen) atoms. The third-order valence-corrected chi connectivity index (χ3v) is 5.23. The lowest BCUT2D eigenvalue weighted by molar-refractivity contribution is 0.577. The summed E-state index contributed by atoms with van der Waals surface area (Å²) in [4.78, 5) is 0.0111. The van der Waals surface area contributed by atoms with E-state index in [2.05, 4.69) is 26.0 Å². The van der Waals surface area contributed by atoms with Gasteiger partial charge in [-0.25, -0.2) is 13.1 Å². The Bertz CT molecular complexity index is 526. The number of likely N-dealkylation sites (N-methyl/N-ethyl adjacent to an activating group) is 1. The van der Waals surface area contributed by atoms with Crippen LogP contribution in [-0.2, 0) is 10.0 Å². The third-order valence-electron chi connectivity index (χ3n) is 2.11. The predicted octanol–water partition coefficient (Wildman–Crippen LogP) is 3.07. The molecule has 0 atom stereocenters. The second-order valence-corrected chi connectivity index (χ2v) is 6.85. The zero-order valence-electron chi connectivity index (χ0n) is 10.0. The van der Waals surface area contributed by atoms with Crippen LogP contribution in [0.3, 0.4) is 0 Å². The van der Waals surface area contributed by atoms with Gasteiger partial charge < -0.3 is 5.32 Å². The maximum Gasteiger partial charge on any atom is 0.242 e. The van der Waals surface area contributed by atoms with Crippen LogP contribution in [0.1, 0.15) is 6.92 Å². The van der Waals surface area contributed by atoms with Crippen LogP contribution < -0.4 is 10.0 Å². The van der Waals surface area contributed by atoms with E-state index in [-0.39, 0.29) is 22.3 Å². The number of benzene rings is 1. The minimum atomic E-state index is -3.62. The lowest BCUT2D eigenvalue weighted by Gasteiger charge is -2.09. The van der Waals surface area contributed by atoms with Crippen molar-refractivity contribution in [1.82, 2.24) is 10.0 Å². The monoisotopic (exact) mass is 410 g/mol.